The van der Waals surface area contributed by atoms with Gasteiger partial charge in [-0.15, -0.1) is 0 Å². The standard InChI is InChI=1S/C29H38O11/c1-5-7-8-9-10-11-20(32)38-24-21-17(14-37-15(3)30)13-19(31)29(36)25(40-27(34)28(29,4)35)22(21)18-12-16(6-2)26(33)39-23(18)24/h6,14,19,21,23-25,31,35-36H,5,7-13H2,1-4H3. The van der Waals surface area contributed by atoms with Crippen LogP contribution in [0.15, 0.2) is 34.6 Å². The molecule has 11 nitrogen and oxygen atoms in total. The third kappa shape index (κ3) is 4.99. The maximum Gasteiger partial charge on any atom is 0.341 e. The topological polar surface area (TPSA) is 166 Å². The molecule has 220 valence electrons. The molecule has 2 saturated heterocycles. The van der Waals surface area contributed by atoms with Crippen LogP contribution in [0.25, 0.3) is 0 Å². The summed E-state index contributed by atoms with van der Waals surface area (Å²) < 4.78 is 22.4. The molecular weight excluding hydrogens is 524 g/mol. The quantitative estimate of drug-likeness (QED) is 0.0990. The molecule has 3 N–H and O–H groups in total. The number of carbonyl (C=O) groups excluding carboxylic acids is 4. The number of unbranched alkanes of at least 4 members (excludes halogenated alkanes) is 4. The molecule has 0 spiro atoms. The van der Waals surface area contributed by atoms with Crippen LogP contribution in [0.3, 0.4) is 0 Å². The highest BCUT2D eigenvalue weighted by atomic mass is 16.6. The molecule has 0 aromatic heterocycles. The van der Waals surface area contributed by atoms with E-state index in [1.165, 1.54) is 6.92 Å². The number of aliphatic hydroxyl groups excluding tert-OH is 1. The highest BCUT2D eigenvalue weighted by Crippen LogP contribution is 2.56. The molecule has 1 saturated carbocycles. The predicted molar refractivity (Wildman–Crippen MR) is 138 cm³/mol. The minimum atomic E-state index is -2.50. The molecule has 7 unspecified atom stereocenters. The van der Waals surface area contributed by atoms with E-state index in [-0.39, 0.29) is 30.4 Å². The highest BCUT2D eigenvalue weighted by molar-refractivity contribution is 5.91. The fourth-order valence-electron chi connectivity index (χ4n) is 6.21. The van der Waals surface area contributed by atoms with Crippen molar-refractivity contribution in [2.75, 3.05) is 0 Å². The number of ether oxygens (including phenoxy) is 4. The van der Waals surface area contributed by atoms with E-state index >= 15 is 0 Å². The van der Waals surface area contributed by atoms with E-state index in [9.17, 15) is 34.5 Å². The van der Waals surface area contributed by atoms with Crippen molar-refractivity contribution >= 4 is 23.9 Å². The van der Waals surface area contributed by atoms with Gasteiger partial charge in [-0.25, -0.2) is 9.59 Å². The van der Waals surface area contributed by atoms with Crippen molar-refractivity contribution in [1.29, 1.82) is 0 Å². The van der Waals surface area contributed by atoms with Crippen LogP contribution in [-0.2, 0) is 38.1 Å². The van der Waals surface area contributed by atoms with Gasteiger partial charge in [-0.05, 0) is 37.0 Å². The van der Waals surface area contributed by atoms with Gasteiger partial charge in [-0.3, -0.25) is 9.59 Å². The molecule has 7 atom stereocenters. The molecule has 11 heteroatoms. The summed E-state index contributed by atoms with van der Waals surface area (Å²) in [6.07, 6.45) is 1.52. The first kappa shape index (κ1) is 30.0. The Balaban J connectivity index is 1.81. The lowest BCUT2D eigenvalue weighted by Gasteiger charge is -2.37. The summed E-state index contributed by atoms with van der Waals surface area (Å²) in [5.41, 5.74) is -3.79. The van der Waals surface area contributed by atoms with Crippen LogP contribution >= 0.6 is 0 Å². The minimum absolute atomic E-state index is 0.0418. The van der Waals surface area contributed by atoms with Crippen LogP contribution < -0.4 is 0 Å². The molecular formula is C29H38O11. The van der Waals surface area contributed by atoms with Gasteiger partial charge in [0.05, 0.1) is 12.4 Å². The fourth-order valence-corrected chi connectivity index (χ4v) is 6.21. The van der Waals surface area contributed by atoms with Gasteiger partial charge in [0, 0.05) is 37.7 Å². The van der Waals surface area contributed by atoms with E-state index in [0.717, 1.165) is 38.9 Å². The second kappa shape index (κ2) is 11.5. The third-order valence-corrected chi connectivity index (χ3v) is 8.45. The lowest BCUT2D eigenvalue weighted by molar-refractivity contribution is -0.183. The number of fused-ring (bicyclic) bond motifs is 4. The molecule has 0 bridgehead atoms. The fraction of sp³-hybridized carbons (Fsp3) is 0.655. The van der Waals surface area contributed by atoms with Crippen LogP contribution in [0.4, 0.5) is 0 Å². The molecule has 4 aliphatic rings. The van der Waals surface area contributed by atoms with Crippen LogP contribution in [-0.4, -0.2) is 74.8 Å². The molecule has 4 rings (SSSR count). The number of rotatable bonds is 8. The number of hydrogen-bond donors (Lipinski definition) is 3. The lowest BCUT2D eigenvalue weighted by atomic mass is 9.75. The summed E-state index contributed by atoms with van der Waals surface area (Å²) in [5, 5.41) is 34.0. The average Bonchev–Trinajstić information content (AvgIpc) is 3.24. The van der Waals surface area contributed by atoms with Crippen molar-refractivity contribution in [2.24, 2.45) is 5.92 Å². The number of carbonyl (C=O) groups is 4. The van der Waals surface area contributed by atoms with E-state index in [1.54, 1.807) is 13.0 Å². The van der Waals surface area contributed by atoms with Crippen molar-refractivity contribution in [3.8, 4) is 0 Å². The Labute approximate surface area is 232 Å². The summed E-state index contributed by atoms with van der Waals surface area (Å²) in [6.45, 7) is 5.99. The third-order valence-electron chi connectivity index (χ3n) is 8.45. The normalized spacial score (nSPS) is 36.9. The monoisotopic (exact) mass is 562 g/mol. The molecule has 40 heavy (non-hydrogen) atoms. The Hall–Kier alpha value is -3.02. The van der Waals surface area contributed by atoms with Crippen LogP contribution in [0.1, 0.15) is 79.1 Å². The van der Waals surface area contributed by atoms with Gasteiger partial charge in [-0.2, -0.15) is 0 Å². The second-order valence-electron chi connectivity index (χ2n) is 11.1. The van der Waals surface area contributed by atoms with Gasteiger partial charge < -0.3 is 34.3 Å². The Bertz CT molecular complexity index is 1160. The van der Waals surface area contributed by atoms with Gasteiger partial charge in [0.1, 0.15) is 0 Å². The Morgan fingerprint density at radius 1 is 1.12 bits per heavy atom. The minimum Gasteiger partial charge on any atom is -0.457 e. The maximum atomic E-state index is 13.0. The van der Waals surface area contributed by atoms with E-state index in [0.29, 0.717) is 17.6 Å². The van der Waals surface area contributed by atoms with Crippen LogP contribution in [0.5, 0.6) is 0 Å². The lowest BCUT2D eigenvalue weighted by Crippen LogP contribution is -2.63. The van der Waals surface area contributed by atoms with Crippen LogP contribution in [0.2, 0.25) is 0 Å². The zero-order valence-corrected chi connectivity index (χ0v) is 23.3. The summed E-state index contributed by atoms with van der Waals surface area (Å²) in [4.78, 5) is 50.3. The van der Waals surface area contributed by atoms with Crippen molar-refractivity contribution in [3.63, 3.8) is 0 Å². The summed E-state index contributed by atoms with van der Waals surface area (Å²) >= 11 is 0. The van der Waals surface area contributed by atoms with E-state index in [1.807, 2.05) is 0 Å². The zero-order valence-electron chi connectivity index (χ0n) is 23.3. The van der Waals surface area contributed by atoms with Crippen LogP contribution in [0, 0.1) is 5.92 Å². The Kier molecular flexibility index (Phi) is 8.58. The van der Waals surface area contributed by atoms with E-state index in [4.69, 9.17) is 18.9 Å². The second-order valence-corrected chi connectivity index (χ2v) is 11.1. The highest BCUT2D eigenvalue weighted by Gasteiger charge is 2.72. The number of allylic oxidation sites excluding steroid dienone is 1. The maximum absolute atomic E-state index is 13.0. The zero-order chi connectivity index (χ0) is 29.4. The molecule has 0 amide bonds. The number of esters is 4. The molecule has 3 fully saturated rings. The van der Waals surface area contributed by atoms with Crippen molar-refractivity contribution < 1.29 is 53.4 Å². The summed E-state index contributed by atoms with van der Waals surface area (Å²) in [5.74, 6) is -3.91. The largest absolute Gasteiger partial charge is 0.457 e. The molecule has 0 aromatic rings. The first-order chi connectivity index (χ1) is 18.9. The molecule has 2 aliphatic heterocycles. The molecule has 0 aromatic carbocycles. The average molecular weight is 563 g/mol. The van der Waals surface area contributed by atoms with Gasteiger partial charge >= 0.3 is 23.9 Å². The van der Waals surface area contributed by atoms with Crippen molar-refractivity contribution in [1.82, 2.24) is 0 Å². The first-order valence-electron chi connectivity index (χ1n) is 13.9. The Morgan fingerprint density at radius 2 is 1.82 bits per heavy atom. The number of aliphatic hydroxyl groups is 3. The summed E-state index contributed by atoms with van der Waals surface area (Å²) in [6, 6.07) is 0. The SMILES string of the molecule is CC=C1CC2=C3C(C(=COC(C)=O)CC(O)C4(O)C3OC(=O)C4(C)O)C(OC(=O)CCCCCCC)C2OC1=O. The molecule has 2 heterocycles. The van der Waals surface area contributed by atoms with Gasteiger partial charge in [0.2, 0.25) is 0 Å². The predicted octanol–water partition coefficient (Wildman–Crippen LogP) is 2.07. The molecule has 0 radical (unpaired) electrons. The first-order valence-corrected chi connectivity index (χ1v) is 13.9. The molecule has 2 aliphatic carbocycles. The van der Waals surface area contributed by atoms with E-state index in [2.05, 4.69) is 6.92 Å². The smallest absolute Gasteiger partial charge is 0.341 e. The van der Waals surface area contributed by atoms with Gasteiger partial charge in [-0.1, -0.05) is 38.7 Å². The van der Waals surface area contributed by atoms with Gasteiger partial charge in [0.25, 0.3) is 0 Å². The Morgan fingerprint density at radius 3 is 2.48 bits per heavy atom. The van der Waals surface area contributed by atoms with Gasteiger partial charge in [0.15, 0.2) is 29.5 Å². The van der Waals surface area contributed by atoms with Crippen molar-refractivity contribution in [3.05, 3.63) is 34.6 Å². The van der Waals surface area contributed by atoms with E-state index < -0.39 is 65.4 Å². The van der Waals surface area contributed by atoms with Crippen molar-refractivity contribution in [2.45, 2.75) is 115 Å². The number of hydrogen-bond acceptors (Lipinski definition) is 11. The summed E-state index contributed by atoms with van der Waals surface area (Å²) in [7, 11) is 0.